The van der Waals surface area contributed by atoms with Gasteiger partial charge in [0.15, 0.2) is 0 Å². The zero-order valence-corrected chi connectivity index (χ0v) is 12.3. The normalized spacial score (nSPS) is 12.0. The highest BCUT2D eigenvalue weighted by Crippen LogP contribution is 2.29. The summed E-state index contributed by atoms with van der Waals surface area (Å²) in [6.45, 7) is 3.18. The van der Waals surface area contributed by atoms with Crippen molar-refractivity contribution in [2.75, 3.05) is 0 Å². The quantitative estimate of drug-likeness (QED) is 0.409. The smallest absolute Gasteiger partial charge is 0.331 e. The molecule has 0 fully saturated rings. The summed E-state index contributed by atoms with van der Waals surface area (Å²) in [4.78, 5) is 15.6. The Hall–Kier alpha value is -2.62. The number of aryl methyl sites for hydroxylation is 1. The van der Waals surface area contributed by atoms with Crippen LogP contribution in [0.2, 0.25) is 0 Å². The summed E-state index contributed by atoms with van der Waals surface area (Å²) < 4.78 is 2.08. The van der Waals surface area contributed by atoms with E-state index in [1.165, 1.54) is 17.7 Å². The SMILES string of the molecule is CC(=O)O/N=C(\C)c1cn(C)c2c1ccc1ccccc12. The lowest BCUT2D eigenvalue weighted by molar-refractivity contribution is -0.140. The molecule has 0 aliphatic carbocycles. The predicted molar refractivity (Wildman–Crippen MR) is 84.4 cm³/mol. The minimum Gasteiger partial charge on any atom is -0.349 e. The molecule has 0 saturated heterocycles. The Morgan fingerprint density at radius 2 is 1.86 bits per heavy atom. The molecule has 0 aliphatic heterocycles. The molecule has 0 bridgehead atoms. The number of aromatic nitrogens is 1. The van der Waals surface area contributed by atoms with Crippen LogP contribution in [0.5, 0.6) is 0 Å². The lowest BCUT2D eigenvalue weighted by Gasteiger charge is -2.03. The van der Waals surface area contributed by atoms with Crippen LogP contribution in [-0.4, -0.2) is 16.2 Å². The first-order valence-electron chi connectivity index (χ1n) is 6.77. The van der Waals surface area contributed by atoms with Gasteiger partial charge in [0.05, 0.1) is 11.2 Å². The van der Waals surface area contributed by atoms with Crippen molar-refractivity contribution >= 4 is 33.4 Å². The number of rotatable bonds is 2. The second-order valence-corrected chi connectivity index (χ2v) is 5.10. The van der Waals surface area contributed by atoms with Gasteiger partial charge in [0.2, 0.25) is 0 Å². The molecule has 0 spiro atoms. The second kappa shape index (κ2) is 5.05. The first kappa shape index (κ1) is 13.4. The van der Waals surface area contributed by atoms with E-state index in [2.05, 4.69) is 34.0 Å². The average molecular weight is 280 g/mol. The summed E-state index contributed by atoms with van der Waals surface area (Å²) in [5.41, 5.74) is 2.81. The molecule has 4 heteroatoms. The van der Waals surface area contributed by atoms with E-state index in [1.54, 1.807) is 0 Å². The van der Waals surface area contributed by atoms with E-state index in [1.807, 2.05) is 32.3 Å². The largest absolute Gasteiger partial charge is 0.349 e. The van der Waals surface area contributed by atoms with Crippen LogP contribution >= 0.6 is 0 Å². The van der Waals surface area contributed by atoms with Gasteiger partial charge in [-0.2, -0.15) is 0 Å². The maximum atomic E-state index is 10.9. The van der Waals surface area contributed by atoms with Crippen molar-refractivity contribution in [3.8, 4) is 0 Å². The Morgan fingerprint density at radius 3 is 2.62 bits per heavy atom. The van der Waals surface area contributed by atoms with Crippen LogP contribution in [0.4, 0.5) is 0 Å². The van der Waals surface area contributed by atoms with Crippen molar-refractivity contribution in [2.24, 2.45) is 12.2 Å². The van der Waals surface area contributed by atoms with Crippen molar-refractivity contribution in [3.05, 3.63) is 48.2 Å². The Kier molecular flexibility index (Phi) is 3.22. The lowest BCUT2D eigenvalue weighted by Crippen LogP contribution is -1.98. The molecule has 3 rings (SSSR count). The molecule has 1 aromatic heterocycles. The summed E-state index contributed by atoms with van der Waals surface area (Å²) in [6, 6.07) is 12.5. The van der Waals surface area contributed by atoms with E-state index < -0.39 is 5.97 Å². The number of carbonyl (C=O) groups is 1. The first-order valence-corrected chi connectivity index (χ1v) is 6.77. The van der Waals surface area contributed by atoms with Gasteiger partial charge in [-0.15, -0.1) is 0 Å². The van der Waals surface area contributed by atoms with Gasteiger partial charge in [-0.05, 0) is 12.3 Å². The molecule has 4 nitrogen and oxygen atoms in total. The molecule has 0 saturated carbocycles. The van der Waals surface area contributed by atoms with Crippen molar-refractivity contribution in [1.82, 2.24) is 4.57 Å². The third kappa shape index (κ3) is 2.29. The van der Waals surface area contributed by atoms with Gasteiger partial charge >= 0.3 is 5.97 Å². The van der Waals surface area contributed by atoms with Crippen molar-refractivity contribution in [2.45, 2.75) is 13.8 Å². The molecule has 106 valence electrons. The van der Waals surface area contributed by atoms with Gasteiger partial charge in [-0.25, -0.2) is 4.79 Å². The van der Waals surface area contributed by atoms with Gasteiger partial charge in [-0.3, -0.25) is 0 Å². The van der Waals surface area contributed by atoms with E-state index in [-0.39, 0.29) is 0 Å². The molecule has 0 aliphatic rings. The Labute approximate surface area is 122 Å². The van der Waals surface area contributed by atoms with Gasteiger partial charge < -0.3 is 9.40 Å². The van der Waals surface area contributed by atoms with Crippen LogP contribution in [0.15, 0.2) is 47.8 Å². The summed E-state index contributed by atoms with van der Waals surface area (Å²) in [7, 11) is 2.01. The van der Waals surface area contributed by atoms with Crippen molar-refractivity contribution < 1.29 is 9.63 Å². The molecular weight excluding hydrogens is 264 g/mol. The lowest BCUT2D eigenvalue weighted by atomic mass is 10.0. The van der Waals surface area contributed by atoms with Gasteiger partial charge in [0.25, 0.3) is 0 Å². The number of carbonyl (C=O) groups excluding carboxylic acids is 1. The van der Waals surface area contributed by atoms with Crippen LogP contribution in [0.25, 0.3) is 21.7 Å². The zero-order valence-electron chi connectivity index (χ0n) is 12.3. The highest BCUT2D eigenvalue weighted by Gasteiger charge is 2.12. The Balaban J connectivity index is 2.24. The fourth-order valence-electron chi connectivity index (χ4n) is 2.65. The highest BCUT2D eigenvalue weighted by atomic mass is 16.7. The third-order valence-electron chi connectivity index (χ3n) is 3.57. The fraction of sp³-hybridized carbons (Fsp3) is 0.176. The van der Waals surface area contributed by atoms with Gasteiger partial charge in [0.1, 0.15) is 0 Å². The van der Waals surface area contributed by atoms with E-state index in [9.17, 15) is 4.79 Å². The van der Waals surface area contributed by atoms with Gasteiger partial charge in [-0.1, -0.05) is 41.6 Å². The van der Waals surface area contributed by atoms with E-state index in [0.717, 1.165) is 16.5 Å². The van der Waals surface area contributed by atoms with Crippen molar-refractivity contribution in [1.29, 1.82) is 0 Å². The second-order valence-electron chi connectivity index (χ2n) is 5.10. The number of fused-ring (bicyclic) bond motifs is 3. The van der Waals surface area contributed by atoms with Crippen LogP contribution in [0.3, 0.4) is 0 Å². The molecule has 0 radical (unpaired) electrons. The van der Waals surface area contributed by atoms with Crippen molar-refractivity contribution in [3.63, 3.8) is 0 Å². The highest BCUT2D eigenvalue weighted by molar-refractivity contribution is 6.16. The molecule has 21 heavy (non-hydrogen) atoms. The molecule has 0 atom stereocenters. The van der Waals surface area contributed by atoms with Crippen LogP contribution in [0.1, 0.15) is 19.4 Å². The maximum Gasteiger partial charge on any atom is 0.331 e. The standard InChI is InChI=1S/C17H16N2O2/c1-11(18-21-12(2)20)16-10-19(3)17-14-7-5-4-6-13(14)8-9-15(16)17/h4-10H,1-3H3/b18-11+. The fourth-order valence-corrected chi connectivity index (χ4v) is 2.65. The zero-order chi connectivity index (χ0) is 15.0. The molecule has 3 aromatic rings. The van der Waals surface area contributed by atoms with Crippen LogP contribution in [0, 0.1) is 0 Å². The van der Waals surface area contributed by atoms with Crippen LogP contribution < -0.4 is 0 Å². The number of nitrogens with zero attached hydrogens (tertiary/aromatic N) is 2. The van der Waals surface area contributed by atoms with E-state index >= 15 is 0 Å². The first-order chi connectivity index (χ1) is 10.1. The molecule has 0 N–H and O–H groups in total. The Morgan fingerprint density at radius 1 is 1.10 bits per heavy atom. The average Bonchev–Trinajstić information content (AvgIpc) is 2.82. The van der Waals surface area contributed by atoms with E-state index in [0.29, 0.717) is 5.71 Å². The minimum atomic E-state index is -0.417. The number of benzene rings is 2. The monoisotopic (exact) mass is 280 g/mol. The summed E-state index contributed by atoms with van der Waals surface area (Å²) in [5, 5.41) is 7.39. The number of hydrogen-bond acceptors (Lipinski definition) is 3. The topological polar surface area (TPSA) is 43.6 Å². The predicted octanol–water partition coefficient (Wildman–Crippen LogP) is 3.62. The molecule has 0 amide bonds. The molecular formula is C17H16N2O2. The molecule has 0 unspecified atom stereocenters. The van der Waals surface area contributed by atoms with Gasteiger partial charge in [0, 0.05) is 36.5 Å². The summed E-state index contributed by atoms with van der Waals surface area (Å²) in [5.74, 6) is -0.417. The third-order valence-corrected chi connectivity index (χ3v) is 3.57. The maximum absolute atomic E-state index is 10.9. The summed E-state index contributed by atoms with van der Waals surface area (Å²) >= 11 is 0. The summed E-state index contributed by atoms with van der Waals surface area (Å²) in [6.07, 6.45) is 2.01. The minimum absolute atomic E-state index is 0.417. The van der Waals surface area contributed by atoms with E-state index in [4.69, 9.17) is 4.84 Å². The number of hydrogen-bond donors (Lipinski definition) is 0. The molecule has 2 aromatic carbocycles. The number of oxime groups is 1. The van der Waals surface area contributed by atoms with Crippen LogP contribution in [-0.2, 0) is 16.7 Å². The molecule has 1 heterocycles. The Bertz CT molecular complexity index is 875.